The van der Waals surface area contributed by atoms with Gasteiger partial charge in [-0.05, 0) is 56.5 Å². The predicted octanol–water partition coefficient (Wildman–Crippen LogP) is 3.19. The molecule has 1 aromatic heterocycles. The molecule has 1 saturated heterocycles. The predicted molar refractivity (Wildman–Crippen MR) is 116 cm³/mol. The van der Waals surface area contributed by atoms with Crippen molar-refractivity contribution in [3.05, 3.63) is 51.8 Å². The minimum absolute atomic E-state index is 0.0531. The number of rotatable bonds is 8. The van der Waals surface area contributed by atoms with Gasteiger partial charge in [0, 0.05) is 36.2 Å². The first-order valence-electron chi connectivity index (χ1n) is 10.3. The molecular formula is C22H29ClN4O2. The van der Waals surface area contributed by atoms with E-state index >= 15 is 0 Å². The van der Waals surface area contributed by atoms with Crippen molar-refractivity contribution in [3.8, 4) is 11.3 Å². The molecule has 0 bridgehead atoms. The number of likely N-dealkylation sites (tertiary alicyclic amines) is 1. The number of carbonyl (C=O) groups is 1. The van der Waals surface area contributed by atoms with E-state index in [4.69, 9.17) is 11.6 Å². The van der Waals surface area contributed by atoms with Gasteiger partial charge in [-0.1, -0.05) is 30.7 Å². The van der Waals surface area contributed by atoms with E-state index in [2.05, 4.69) is 22.2 Å². The molecule has 1 aromatic carbocycles. The summed E-state index contributed by atoms with van der Waals surface area (Å²) in [6.45, 7) is 6.57. The van der Waals surface area contributed by atoms with E-state index in [1.165, 1.54) is 23.6 Å². The van der Waals surface area contributed by atoms with Crippen LogP contribution in [0, 0.1) is 5.92 Å². The Balaban J connectivity index is 1.44. The van der Waals surface area contributed by atoms with Gasteiger partial charge in [-0.15, -0.1) is 0 Å². The zero-order chi connectivity index (χ0) is 20.6. The smallest absolute Gasteiger partial charge is 0.266 e. The Labute approximate surface area is 176 Å². The van der Waals surface area contributed by atoms with Crippen molar-refractivity contribution in [1.29, 1.82) is 0 Å². The minimum atomic E-state index is -0.213. The van der Waals surface area contributed by atoms with Crippen LogP contribution < -0.4 is 10.9 Å². The number of halogens is 1. The monoisotopic (exact) mass is 416 g/mol. The summed E-state index contributed by atoms with van der Waals surface area (Å²) in [6.07, 6.45) is 3.77. The van der Waals surface area contributed by atoms with Crippen molar-refractivity contribution in [2.75, 3.05) is 26.2 Å². The SMILES string of the molecule is C[C@H]1CCCN(CCCNC(=O)CCn2nc(-c3ccc(Cl)cc3)ccc2=O)C1. The van der Waals surface area contributed by atoms with Gasteiger partial charge in [0.25, 0.3) is 5.56 Å². The summed E-state index contributed by atoms with van der Waals surface area (Å²) in [5, 5.41) is 7.98. The molecule has 1 aliphatic heterocycles. The number of aromatic nitrogens is 2. The highest BCUT2D eigenvalue weighted by Gasteiger charge is 2.15. The van der Waals surface area contributed by atoms with Crippen molar-refractivity contribution >= 4 is 17.5 Å². The molecule has 0 unspecified atom stereocenters. The Morgan fingerprint density at radius 2 is 2.00 bits per heavy atom. The van der Waals surface area contributed by atoms with Crippen LogP contribution in [-0.4, -0.2) is 46.8 Å². The lowest BCUT2D eigenvalue weighted by Gasteiger charge is -2.30. The van der Waals surface area contributed by atoms with Gasteiger partial charge in [-0.3, -0.25) is 9.59 Å². The van der Waals surface area contributed by atoms with E-state index in [1.54, 1.807) is 18.2 Å². The van der Waals surface area contributed by atoms with Gasteiger partial charge in [0.1, 0.15) is 0 Å². The summed E-state index contributed by atoms with van der Waals surface area (Å²) in [5.41, 5.74) is 1.34. The molecule has 1 aliphatic rings. The molecule has 0 spiro atoms. The molecule has 1 N–H and O–H groups in total. The summed E-state index contributed by atoms with van der Waals surface area (Å²) >= 11 is 5.92. The fraction of sp³-hybridized carbons (Fsp3) is 0.500. The molecule has 0 saturated carbocycles. The Kier molecular flexibility index (Phi) is 7.83. The lowest BCUT2D eigenvalue weighted by molar-refractivity contribution is -0.121. The van der Waals surface area contributed by atoms with Gasteiger partial charge >= 0.3 is 0 Å². The van der Waals surface area contributed by atoms with E-state index < -0.39 is 0 Å². The third-order valence-corrected chi connectivity index (χ3v) is 5.52. The van der Waals surface area contributed by atoms with E-state index in [0.717, 1.165) is 37.5 Å². The van der Waals surface area contributed by atoms with Crippen LogP contribution in [0.3, 0.4) is 0 Å². The van der Waals surface area contributed by atoms with Gasteiger partial charge < -0.3 is 10.2 Å². The molecule has 29 heavy (non-hydrogen) atoms. The second-order valence-electron chi connectivity index (χ2n) is 7.79. The molecule has 7 heteroatoms. The van der Waals surface area contributed by atoms with E-state index in [9.17, 15) is 9.59 Å². The fourth-order valence-electron chi connectivity index (χ4n) is 3.70. The van der Waals surface area contributed by atoms with Crippen molar-refractivity contribution in [3.63, 3.8) is 0 Å². The third kappa shape index (κ3) is 6.68. The van der Waals surface area contributed by atoms with Gasteiger partial charge in [0.15, 0.2) is 0 Å². The summed E-state index contributed by atoms with van der Waals surface area (Å²) in [4.78, 5) is 26.7. The first-order chi connectivity index (χ1) is 14.0. The van der Waals surface area contributed by atoms with Crippen LogP contribution in [0.25, 0.3) is 11.3 Å². The summed E-state index contributed by atoms with van der Waals surface area (Å²) in [5.74, 6) is 0.718. The van der Waals surface area contributed by atoms with E-state index in [-0.39, 0.29) is 24.4 Å². The maximum absolute atomic E-state index is 12.1. The second kappa shape index (κ2) is 10.6. The molecule has 6 nitrogen and oxygen atoms in total. The Morgan fingerprint density at radius 3 is 2.76 bits per heavy atom. The number of nitrogens with zero attached hydrogens (tertiary/aromatic N) is 3. The number of hydrogen-bond donors (Lipinski definition) is 1. The molecule has 1 atom stereocenters. The summed E-state index contributed by atoms with van der Waals surface area (Å²) < 4.78 is 1.35. The fourth-order valence-corrected chi connectivity index (χ4v) is 3.83. The van der Waals surface area contributed by atoms with E-state index in [0.29, 0.717) is 17.3 Å². The van der Waals surface area contributed by atoms with Crippen molar-refractivity contribution < 1.29 is 4.79 Å². The Morgan fingerprint density at radius 1 is 1.21 bits per heavy atom. The van der Waals surface area contributed by atoms with Crippen LogP contribution in [-0.2, 0) is 11.3 Å². The molecule has 3 rings (SSSR count). The van der Waals surface area contributed by atoms with Crippen LogP contribution in [0.5, 0.6) is 0 Å². The topological polar surface area (TPSA) is 67.2 Å². The number of piperidine rings is 1. The quantitative estimate of drug-likeness (QED) is 0.671. The molecule has 1 amide bonds. The highest BCUT2D eigenvalue weighted by molar-refractivity contribution is 6.30. The number of carbonyl (C=O) groups excluding carboxylic acids is 1. The standard InChI is InChI=1S/C22H29ClN4O2/c1-17-4-2-13-26(16-17)14-3-12-24-21(28)11-15-27-22(29)10-9-20(25-27)18-5-7-19(23)8-6-18/h5-10,17H,2-4,11-16H2,1H3,(H,24,28)/t17-/m0/s1. The lowest BCUT2D eigenvalue weighted by atomic mass is 10.0. The maximum atomic E-state index is 12.1. The summed E-state index contributed by atoms with van der Waals surface area (Å²) in [6, 6.07) is 10.4. The van der Waals surface area contributed by atoms with Crippen molar-refractivity contribution in [1.82, 2.24) is 20.0 Å². The third-order valence-electron chi connectivity index (χ3n) is 5.27. The average Bonchev–Trinajstić information content (AvgIpc) is 2.71. The molecule has 2 aromatic rings. The van der Waals surface area contributed by atoms with Gasteiger partial charge in [0.05, 0.1) is 12.2 Å². The molecule has 0 radical (unpaired) electrons. The second-order valence-corrected chi connectivity index (χ2v) is 8.22. The highest BCUT2D eigenvalue weighted by Crippen LogP contribution is 2.18. The zero-order valence-electron chi connectivity index (χ0n) is 16.9. The van der Waals surface area contributed by atoms with Crippen LogP contribution >= 0.6 is 11.6 Å². The normalized spacial score (nSPS) is 17.2. The van der Waals surface area contributed by atoms with Crippen LogP contribution in [0.15, 0.2) is 41.2 Å². The number of aryl methyl sites for hydroxylation is 1. The average molecular weight is 417 g/mol. The number of nitrogens with one attached hydrogen (secondary N) is 1. The highest BCUT2D eigenvalue weighted by atomic mass is 35.5. The number of benzene rings is 1. The van der Waals surface area contributed by atoms with Gasteiger partial charge in [-0.25, -0.2) is 4.68 Å². The number of amides is 1. The molecule has 156 valence electrons. The molecule has 1 fully saturated rings. The maximum Gasteiger partial charge on any atom is 0.266 e. The summed E-state index contributed by atoms with van der Waals surface area (Å²) in [7, 11) is 0. The van der Waals surface area contributed by atoms with Crippen molar-refractivity contribution in [2.45, 2.75) is 39.2 Å². The van der Waals surface area contributed by atoms with Crippen LogP contribution in [0.4, 0.5) is 0 Å². The molecular weight excluding hydrogens is 388 g/mol. The minimum Gasteiger partial charge on any atom is -0.356 e. The van der Waals surface area contributed by atoms with Crippen molar-refractivity contribution in [2.24, 2.45) is 5.92 Å². The Bertz CT molecular complexity index is 866. The van der Waals surface area contributed by atoms with Crippen LogP contribution in [0.2, 0.25) is 5.02 Å². The van der Waals surface area contributed by atoms with Crippen LogP contribution in [0.1, 0.15) is 32.6 Å². The largest absolute Gasteiger partial charge is 0.356 e. The zero-order valence-corrected chi connectivity index (χ0v) is 17.7. The first-order valence-corrected chi connectivity index (χ1v) is 10.7. The van der Waals surface area contributed by atoms with E-state index in [1.807, 2.05) is 12.1 Å². The Hall–Kier alpha value is -2.18. The molecule has 2 heterocycles. The van der Waals surface area contributed by atoms with Gasteiger partial charge in [0.2, 0.25) is 5.91 Å². The lowest BCUT2D eigenvalue weighted by Crippen LogP contribution is -2.36. The first kappa shape index (κ1) is 21.5. The molecule has 0 aliphatic carbocycles. The number of hydrogen-bond acceptors (Lipinski definition) is 4. The van der Waals surface area contributed by atoms with Gasteiger partial charge in [-0.2, -0.15) is 5.10 Å².